The van der Waals surface area contributed by atoms with Gasteiger partial charge in [-0.15, -0.1) is 0 Å². The second-order valence-electron chi connectivity index (χ2n) is 4.17. The topological polar surface area (TPSA) is 116 Å². The maximum absolute atomic E-state index is 11.7. The van der Waals surface area contributed by atoms with Crippen LogP contribution < -0.4 is 11.1 Å². The summed E-state index contributed by atoms with van der Waals surface area (Å²) in [7, 11) is 0. The normalized spacial score (nSPS) is 11.3. The van der Waals surface area contributed by atoms with E-state index in [0.29, 0.717) is 17.9 Å². The van der Waals surface area contributed by atoms with E-state index >= 15 is 0 Å². The Morgan fingerprint density at radius 2 is 2.15 bits per heavy atom. The van der Waals surface area contributed by atoms with Crippen molar-refractivity contribution >= 4 is 11.7 Å². The Morgan fingerprint density at radius 3 is 2.75 bits per heavy atom. The van der Waals surface area contributed by atoms with Crippen LogP contribution in [0.1, 0.15) is 17.0 Å². The molecule has 1 amide bonds. The molecule has 0 bridgehead atoms. The Bertz CT molecular complexity index is 590. The molecule has 0 fully saturated rings. The number of oxime groups is 1. The van der Waals surface area contributed by atoms with Crippen molar-refractivity contribution in [2.75, 3.05) is 0 Å². The summed E-state index contributed by atoms with van der Waals surface area (Å²) < 4.78 is 0. The molecule has 0 saturated carbocycles. The number of benzene rings is 1. The van der Waals surface area contributed by atoms with Crippen molar-refractivity contribution in [1.29, 1.82) is 0 Å². The van der Waals surface area contributed by atoms with Gasteiger partial charge in [-0.2, -0.15) is 0 Å². The number of nitrogens with zero attached hydrogens (tertiary/aromatic N) is 2. The highest BCUT2D eigenvalue weighted by atomic mass is 16.4. The molecular weight excluding hydrogens is 258 g/mol. The Kier molecular flexibility index (Phi) is 4.33. The molecule has 1 heterocycles. The lowest BCUT2D eigenvalue weighted by molar-refractivity contribution is -0.120. The van der Waals surface area contributed by atoms with Gasteiger partial charge in [0.05, 0.1) is 13.0 Å². The molecule has 0 saturated heterocycles. The van der Waals surface area contributed by atoms with Crippen LogP contribution in [0.5, 0.6) is 0 Å². The maximum atomic E-state index is 11.7. The van der Waals surface area contributed by atoms with Gasteiger partial charge in [0, 0.05) is 18.0 Å². The van der Waals surface area contributed by atoms with Crippen molar-refractivity contribution < 1.29 is 10.0 Å². The third-order valence-electron chi connectivity index (χ3n) is 2.73. The minimum atomic E-state index is -0.0991. The third kappa shape index (κ3) is 3.58. The van der Waals surface area contributed by atoms with E-state index in [2.05, 4.69) is 20.4 Å². The zero-order valence-corrected chi connectivity index (χ0v) is 10.7. The first-order chi connectivity index (χ1) is 9.69. The zero-order chi connectivity index (χ0) is 14.4. The maximum Gasteiger partial charge on any atom is 0.224 e. The summed E-state index contributed by atoms with van der Waals surface area (Å²) in [6.45, 7) is 0.369. The minimum Gasteiger partial charge on any atom is -0.409 e. The second kappa shape index (κ2) is 6.37. The molecule has 0 spiro atoms. The number of aromatic amines is 1. The van der Waals surface area contributed by atoms with Gasteiger partial charge in [-0.05, 0) is 5.56 Å². The molecule has 0 atom stereocenters. The lowest BCUT2D eigenvalue weighted by Crippen LogP contribution is -2.25. The number of amides is 1. The van der Waals surface area contributed by atoms with Crippen LogP contribution in [0.3, 0.4) is 0 Å². The van der Waals surface area contributed by atoms with E-state index in [0.717, 1.165) is 5.56 Å². The number of hydrogen-bond donors (Lipinski definition) is 4. The van der Waals surface area contributed by atoms with Crippen molar-refractivity contribution in [3.8, 4) is 0 Å². The summed E-state index contributed by atoms with van der Waals surface area (Å²) in [5, 5.41) is 14.2. The second-order valence-corrected chi connectivity index (χ2v) is 4.17. The van der Waals surface area contributed by atoms with Crippen LogP contribution in [0, 0.1) is 0 Å². The molecule has 0 aliphatic heterocycles. The van der Waals surface area contributed by atoms with Crippen molar-refractivity contribution in [2.24, 2.45) is 10.9 Å². The average Bonchev–Trinajstić information content (AvgIpc) is 2.98. The standard InChI is InChI=1S/C13H15N5O2/c14-13(18-20)10-3-1-9(2-4-10)7-12(19)17-8-11-15-5-6-16-11/h1-6,20H,7-8H2,(H2,14,18)(H,15,16)(H,17,19). The summed E-state index contributed by atoms with van der Waals surface area (Å²) in [6, 6.07) is 6.92. The summed E-state index contributed by atoms with van der Waals surface area (Å²) in [5.41, 5.74) is 6.91. The number of imidazole rings is 1. The van der Waals surface area contributed by atoms with Crippen LogP contribution in [-0.2, 0) is 17.8 Å². The van der Waals surface area contributed by atoms with E-state index in [-0.39, 0.29) is 18.2 Å². The molecular formula is C13H15N5O2. The van der Waals surface area contributed by atoms with Gasteiger partial charge in [-0.3, -0.25) is 4.79 Å². The Balaban J connectivity index is 1.88. The van der Waals surface area contributed by atoms with E-state index in [1.54, 1.807) is 36.7 Å². The molecule has 104 valence electrons. The Hall–Kier alpha value is -2.83. The first-order valence-electron chi connectivity index (χ1n) is 6.01. The first-order valence-corrected chi connectivity index (χ1v) is 6.01. The number of hydrogen-bond acceptors (Lipinski definition) is 4. The largest absolute Gasteiger partial charge is 0.409 e. The zero-order valence-electron chi connectivity index (χ0n) is 10.7. The monoisotopic (exact) mass is 273 g/mol. The van der Waals surface area contributed by atoms with Gasteiger partial charge in [-0.25, -0.2) is 4.98 Å². The first kappa shape index (κ1) is 13.6. The van der Waals surface area contributed by atoms with E-state index in [9.17, 15) is 4.79 Å². The molecule has 0 radical (unpaired) electrons. The molecule has 2 rings (SSSR count). The molecule has 0 aliphatic carbocycles. The SMILES string of the molecule is NC(=NO)c1ccc(CC(=O)NCc2ncc[nH]2)cc1. The highest BCUT2D eigenvalue weighted by Gasteiger charge is 2.05. The van der Waals surface area contributed by atoms with E-state index < -0.39 is 0 Å². The number of aromatic nitrogens is 2. The number of carbonyl (C=O) groups excluding carboxylic acids is 1. The lowest BCUT2D eigenvalue weighted by atomic mass is 10.1. The predicted molar refractivity (Wildman–Crippen MR) is 73.1 cm³/mol. The molecule has 2 aromatic rings. The average molecular weight is 273 g/mol. The minimum absolute atomic E-state index is 0.0406. The van der Waals surface area contributed by atoms with Crippen molar-refractivity contribution in [3.05, 3.63) is 53.6 Å². The fourth-order valence-corrected chi connectivity index (χ4v) is 1.68. The fraction of sp³-hybridized carbons (Fsp3) is 0.154. The van der Waals surface area contributed by atoms with Crippen LogP contribution in [0.15, 0.2) is 41.8 Å². The van der Waals surface area contributed by atoms with Crippen molar-refractivity contribution in [2.45, 2.75) is 13.0 Å². The fourth-order valence-electron chi connectivity index (χ4n) is 1.68. The van der Waals surface area contributed by atoms with E-state index in [4.69, 9.17) is 10.9 Å². The molecule has 0 aliphatic rings. The highest BCUT2D eigenvalue weighted by Crippen LogP contribution is 2.05. The summed E-state index contributed by atoms with van der Waals surface area (Å²) in [4.78, 5) is 18.7. The van der Waals surface area contributed by atoms with Gasteiger partial charge >= 0.3 is 0 Å². The molecule has 20 heavy (non-hydrogen) atoms. The van der Waals surface area contributed by atoms with Crippen molar-refractivity contribution in [1.82, 2.24) is 15.3 Å². The van der Waals surface area contributed by atoms with Gasteiger partial charge in [0.25, 0.3) is 0 Å². The molecule has 1 aromatic heterocycles. The molecule has 5 N–H and O–H groups in total. The smallest absolute Gasteiger partial charge is 0.224 e. The molecule has 0 unspecified atom stereocenters. The molecule has 7 heteroatoms. The summed E-state index contributed by atoms with van der Waals surface area (Å²) in [6.07, 6.45) is 3.60. The number of nitrogens with one attached hydrogen (secondary N) is 2. The number of nitrogens with two attached hydrogens (primary N) is 1. The number of H-pyrrole nitrogens is 1. The Labute approximate surface area is 115 Å². The van der Waals surface area contributed by atoms with Gasteiger partial charge in [0.2, 0.25) is 5.91 Å². The number of amidine groups is 1. The van der Waals surface area contributed by atoms with E-state index in [1.807, 2.05) is 0 Å². The quantitative estimate of drug-likeness (QED) is 0.272. The van der Waals surface area contributed by atoms with E-state index in [1.165, 1.54) is 0 Å². The van der Waals surface area contributed by atoms with Gasteiger partial charge in [0.1, 0.15) is 5.82 Å². The van der Waals surface area contributed by atoms with Crippen molar-refractivity contribution in [3.63, 3.8) is 0 Å². The predicted octanol–water partition coefficient (Wildman–Crippen LogP) is 0.363. The van der Waals surface area contributed by atoms with Crippen LogP contribution in [0.4, 0.5) is 0 Å². The third-order valence-corrected chi connectivity index (χ3v) is 2.73. The van der Waals surface area contributed by atoms with Crippen LogP contribution in [0.2, 0.25) is 0 Å². The molecule has 7 nitrogen and oxygen atoms in total. The number of rotatable bonds is 5. The van der Waals surface area contributed by atoms with Gasteiger partial charge < -0.3 is 21.2 Å². The summed E-state index contributed by atoms with van der Waals surface area (Å²) >= 11 is 0. The number of carbonyl (C=O) groups is 1. The molecule has 1 aromatic carbocycles. The van der Waals surface area contributed by atoms with Crippen LogP contribution >= 0.6 is 0 Å². The van der Waals surface area contributed by atoms with Gasteiger partial charge in [-0.1, -0.05) is 29.4 Å². The summed E-state index contributed by atoms with van der Waals surface area (Å²) in [5.74, 6) is 0.650. The van der Waals surface area contributed by atoms with Gasteiger partial charge in [0.15, 0.2) is 5.84 Å². The van der Waals surface area contributed by atoms with Crippen LogP contribution in [0.25, 0.3) is 0 Å². The highest BCUT2D eigenvalue weighted by molar-refractivity contribution is 5.97. The van der Waals surface area contributed by atoms with Crippen LogP contribution in [-0.4, -0.2) is 26.9 Å². The lowest BCUT2D eigenvalue weighted by Gasteiger charge is -2.04. The Morgan fingerprint density at radius 1 is 1.40 bits per heavy atom.